The zero-order valence-electron chi connectivity index (χ0n) is 11.4. The lowest BCUT2D eigenvalue weighted by Gasteiger charge is -2.44. The smallest absolute Gasteiger partial charge is 0.0614 e. The Morgan fingerprint density at radius 1 is 1.24 bits per heavy atom. The summed E-state index contributed by atoms with van der Waals surface area (Å²) >= 11 is 0. The molecule has 0 amide bonds. The Bertz CT molecular complexity index is 228. The van der Waals surface area contributed by atoms with Gasteiger partial charge in [0.25, 0.3) is 0 Å². The van der Waals surface area contributed by atoms with Crippen LogP contribution in [0.5, 0.6) is 0 Å². The van der Waals surface area contributed by atoms with Crippen molar-refractivity contribution in [2.24, 2.45) is 0 Å². The standard InChI is InChI=1S/C14H28N2O/c1-12(2)16-9-7-14(11-17,8-10-16)15-13-5-3-4-6-13/h12-13,15,17H,3-11H2,1-2H3. The van der Waals surface area contributed by atoms with Crippen molar-refractivity contribution >= 4 is 0 Å². The van der Waals surface area contributed by atoms with E-state index in [1.807, 2.05) is 0 Å². The normalized spacial score (nSPS) is 26.8. The van der Waals surface area contributed by atoms with Gasteiger partial charge in [-0.3, -0.25) is 0 Å². The molecule has 2 aliphatic rings. The molecular formula is C14H28N2O. The highest BCUT2D eigenvalue weighted by Crippen LogP contribution is 2.27. The maximum atomic E-state index is 9.75. The van der Waals surface area contributed by atoms with Gasteiger partial charge in [-0.1, -0.05) is 12.8 Å². The fraction of sp³-hybridized carbons (Fsp3) is 1.00. The van der Waals surface area contributed by atoms with E-state index in [1.54, 1.807) is 0 Å². The van der Waals surface area contributed by atoms with Crippen LogP contribution in [0.15, 0.2) is 0 Å². The van der Waals surface area contributed by atoms with Crippen molar-refractivity contribution in [3.8, 4) is 0 Å². The Hall–Kier alpha value is -0.120. The molecule has 0 aromatic carbocycles. The van der Waals surface area contributed by atoms with Gasteiger partial charge in [0, 0.05) is 30.7 Å². The lowest BCUT2D eigenvalue weighted by molar-refractivity contribution is 0.0577. The monoisotopic (exact) mass is 240 g/mol. The van der Waals surface area contributed by atoms with E-state index in [2.05, 4.69) is 24.1 Å². The van der Waals surface area contributed by atoms with E-state index in [-0.39, 0.29) is 5.54 Å². The first-order valence-electron chi connectivity index (χ1n) is 7.28. The van der Waals surface area contributed by atoms with E-state index in [9.17, 15) is 5.11 Å². The molecular weight excluding hydrogens is 212 g/mol. The first kappa shape index (κ1) is 13.3. The van der Waals surface area contributed by atoms with Crippen molar-refractivity contribution in [3.05, 3.63) is 0 Å². The van der Waals surface area contributed by atoms with Crippen LogP contribution in [0.25, 0.3) is 0 Å². The van der Waals surface area contributed by atoms with Crippen LogP contribution in [0.1, 0.15) is 52.4 Å². The molecule has 2 rings (SSSR count). The number of hydrogen-bond acceptors (Lipinski definition) is 3. The summed E-state index contributed by atoms with van der Waals surface area (Å²) in [5.41, 5.74) is 0.0143. The quantitative estimate of drug-likeness (QED) is 0.786. The maximum Gasteiger partial charge on any atom is 0.0614 e. The summed E-state index contributed by atoms with van der Waals surface area (Å²) in [6.07, 6.45) is 7.51. The van der Waals surface area contributed by atoms with E-state index in [0.717, 1.165) is 25.9 Å². The first-order chi connectivity index (χ1) is 8.15. The van der Waals surface area contributed by atoms with E-state index in [4.69, 9.17) is 0 Å². The highest BCUT2D eigenvalue weighted by atomic mass is 16.3. The predicted octanol–water partition coefficient (Wildman–Crippen LogP) is 1.75. The molecule has 2 fully saturated rings. The second-order valence-electron chi connectivity index (χ2n) is 6.19. The number of piperidine rings is 1. The molecule has 1 aliphatic carbocycles. The van der Waals surface area contributed by atoms with Crippen LogP contribution < -0.4 is 5.32 Å². The van der Waals surface area contributed by atoms with Crippen molar-refractivity contribution in [2.75, 3.05) is 19.7 Å². The summed E-state index contributed by atoms with van der Waals surface area (Å²) in [7, 11) is 0. The number of rotatable bonds is 4. The number of likely N-dealkylation sites (tertiary alicyclic amines) is 1. The third-order valence-corrected chi connectivity index (χ3v) is 4.65. The van der Waals surface area contributed by atoms with Crippen LogP contribution in [-0.4, -0.2) is 47.3 Å². The largest absolute Gasteiger partial charge is 0.394 e. The Kier molecular flexibility index (Phi) is 4.45. The second-order valence-corrected chi connectivity index (χ2v) is 6.19. The summed E-state index contributed by atoms with van der Waals surface area (Å²) in [6, 6.07) is 1.30. The Morgan fingerprint density at radius 2 is 1.82 bits per heavy atom. The fourth-order valence-electron chi connectivity index (χ4n) is 3.32. The summed E-state index contributed by atoms with van der Waals surface area (Å²) in [5, 5.41) is 13.5. The third kappa shape index (κ3) is 3.21. The Morgan fingerprint density at radius 3 is 2.29 bits per heavy atom. The molecule has 0 spiro atoms. The summed E-state index contributed by atoms with van der Waals surface area (Å²) in [5.74, 6) is 0. The van der Waals surface area contributed by atoms with Gasteiger partial charge in [-0.15, -0.1) is 0 Å². The number of nitrogens with zero attached hydrogens (tertiary/aromatic N) is 1. The van der Waals surface area contributed by atoms with Crippen LogP contribution in [0.2, 0.25) is 0 Å². The number of aliphatic hydroxyl groups excluding tert-OH is 1. The first-order valence-corrected chi connectivity index (χ1v) is 7.28. The molecule has 17 heavy (non-hydrogen) atoms. The average molecular weight is 240 g/mol. The number of nitrogens with one attached hydrogen (secondary N) is 1. The Labute approximate surface area is 106 Å². The third-order valence-electron chi connectivity index (χ3n) is 4.65. The second kappa shape index (κ2) is 5.68. The van der Waals surface area contributed by atoms with Crippen LogP contribution in [0.4, 0.5) is 0 Å². The van der Waals surface area contributed by atoms with Crippen LogP contribution in [-0.2, 0) is 0 Å². The van der Waals surface area contributed by atoms with Crippen molar-refractivity contribution in [1.82, 2.24) is 10.2 Å². The van der Waals surface area contributed by atoms with Crippen molar-refractivity contribution < 1.29 is 5.11 Å². The highest BCUT2D eigenvalue weighted by Gasteiger charge is 2.36. The molecule has 0 atom stereocenters. The van der Waals surface area contributed by atoms with Crippen LogP contribution in [0, 0.1) is 0 Å². The number of hydrogen-bond donors (Lipinski definition) is 2. The summed E-state index contributed by atoms with van der Waals surface area (Å²) < 4.78 is 0. The van der Waals surface area contributed by atoms with Crippen molar-refractivity contribution in [1.29, 1.82) is 0 Å². The van der Waals surface area contributed by atoms with Gasteiger partial charge in [0.1, 0.15) is 0 Å². The van der Waals surface area contributed by atoms with E-state index in [0.29, 0.717) is 18.7 Å². The highest BCUT2D eigenvalue weighted by molar-refractivity contribution is 4.96. The van der Waals surface area contributed by atoms with Crippen LogP contribution in [0.3, 0.4) is 0 Å². The predicted molar refractivity (Wildman–Crippen MR) is 71.2 cm³/mol. The van der Waals surface area contributed by atoms with Gasteiger partial charge >= 0.3 is 0 Å². The zero-order valence-corrected chi connectivity index (χ0v) is 11.4. The molecule has 2 N–H and O–H groups in total. The molecule has 0 bridgehead atoms. The minimum atomic E-state index is 0.0143. The fourth-order valence-corrected chi connectivity index (χ4v) is 3.32. The van der Waals surface area contributed by atoms with Gasteiger partial charge in [0.05, 0.1) is 6.61 Å². The van der Waals surface area contributed by atoms with Crippen molar-refractivity contribution in [3.63, 3.8) is 0 Å². The lowest BCUT2D eigenvalue weighted by Crippen LogP contribution is -2.59. The zero-order chi connectivity index (χ0) is 12.3. The molecule has 1 saturated carbocycles. The molecule has 1 aliphatic heterocycles. The topological polar surface area (TPSA) is 35.5 Å². The summed E-state index contributed by atoms with van der Waals surface area (Å²) in [6.45, 7) is 7.07. The van der Waals surface area contributed by atoms with Gasteiger partial charge in [0.2, 0.25) is 0 Å². The number of aliphatic hydroxyl groups is 1. The van der Waals surface area contributed by atoms with Gasteiger partial charge in [-0.25, -0.2) is 0 Å². The van der Waals surface area contributed by atoms with E-state index < -0.39 is 0 Å². The maximum absolute atomic E-state index is 9.75. The SMILES string of the molecule is CC(C)N1CCC(CO)(NC2CCCC2)CC1. The minimum absolute atomic E-state index is 0.0143. The van der Waals surface area contributed by atoms with Crippen LogP contribution >= 0.6 is 0 Å². The van der Waals surface area contributed by atoms with Gasteiger partial charge in [-0.05, 0) is 39.5 Å². The molecule has 0 radical (unpaired) electrons. The van der Waals surface area contributed by atoms with Gasteiger partial charge in [-0.2, -0.15) is 0 Å². The molecule has 100 valence electrons. The molecule has 0 aromatic heterocycles. The lowest BCUT2D eigenvalue weighted by atomic mass is 9.86. The molecule has 0 aromatic rings. The molecule has 3 heteroatoms. The van der Waals surface area contributed by atoms with E-state index in [1.165, 1.54) is 25.7 Å². The van der Waals surface area contributed by atoms with E-state index >= 15 is 0 Å². The van der Waals surface area contributed by atoms with Gasteiger partial charge < -0.3 is 15.3 Å². The molecule has 0 unspecified atom stereocenters. The average Bonchev–Trinajstić information content (AvgIpc) is 2.82. The minimum Gasteiger partial charge on any atom is -0.394 e. The molecule has 1 heterocycles. The molecule has 1 saturated heterocycles. The van der Waals surface area contributed by atoms with Crippen molar-refractivity contribution in [2.45, 2.75) is 70.0 Å². The summed E-state index contributed by atoms with van der Waals surface area (Å²) in [4.78, 5) is 2.52. The molecule has 3 nitrogen and oxygen atoms in total. The Balaban J connectivity index is 1.88. The van der Waals surface area contributed by atoms with Gasteiger partial charge in [0.15, 0.2) is 0 Å².